The van der Waals surface area contributed by atoms with Crippen LogP contribution in [-0.4, -0.2) is 142 Å². The summed E-state index contributed by atoms with van der Waals surface area (Å²) in [6.45, 7) is 2.61. The minimum Gasteiger partial charge on any atom is -0.462 e. The fourth-order valence-electron chi connectivity index (χ4n) is 9.42. The Labute approximate surface area is 453 Å². The summed E-state index contributed by atoms with van der Waals surface area (Å²) in [5.41, 5.74) is 0. The number of aliphatic hydroxyl groups excluding tert-OH is 7. The minimum atomic E-state index is -1.77. The lowest BCUT2D eigenvalue weighted by atomic mass is 9.98. The number of rotatable bonds is 48. The normalized spacial score (nSPS) is 24.7. The highest BCUT2D eigenvalue weighted by Crippen LogP contribution is 2.27. The molecule has 75 heavy (non-hydrogen) atoms. The summed E-state index contributed by atoms with van der Waals surface area (Å²) in [5, 5.41) is 72.3. The molecule has 0 bridgehead atoms. The van der Waals surface area contributed by atoms with Crippen LogP contribution in [0.5, 0.6) is 0 Å². The van der Waals surface area contributed by atoms with Crippen LogP contribution < -0.4 is 0 Å². The van der Waals surface area contributed by atoms with Gasteiger partial charge in [0.2, 0.25) is 0 Å². The molecule has 0 saturated carbocycles. The van der Waals surface area contributed by atoms with Gasteiger partial charge in [-0.2, -0.15) is 0 Å². The molecule has 2 aliphatic heterocycles. The zero-order valence-corrected chi connectivity index (χ0v) is 46.8. The van der Waals surface area contributed by atoms with Crippen LogP contribution in [0.4, 0.5) is 0 Å². The summed E-state index contributed by atoms with van der Waals surface area (Å²) >= 11 is 0. The van der Waals surface area contributed by atoms with Crippen LogP contribution in [0, 0.1) is 0 Å². The van der Waals surface area contributed by atoms with E-state index in [2.05, 4.69) is 50.3 Å². The predicted molar refractivity (Wildman–Crippen MR) is 294 cm³/mol. The third kappa shape index (κ3) is 33.7. The highest BCUT2D eigenvalue weighted by Gasteiger charge is 2.47. The lowest BCUT2D eigenvalue weighted by molar-refractivity contribution is -0.332. The first-order valence-corrected chi connectivity index (χ1v) is 30.1. The monoisotopic (exact) mass is 1070 g/mol. The maximum Gasteiger partial charge on any atom is 0.306 e. The molecule has 11 atom stereocenters. The third-order valence-corrected chi connectivity index (χ3v) is 14.3. The Bertz CT molecular complexity index is 1440. The van der Waals surface area contributed by atoms with Crippen LogP contribution >= 0.6 is 0 Å². The van der Waals surface area contributed by atoms with Crippen LogP contribution in [0.25, 0.3) is 0 Å². The third-order valence-electron chi connectivity index (χ3n) is 14.3. The summed E-state index contributed by atoms with van der Waals surface area (Å²) in [6.07, 6.45) is 35.8. The Hall–Kier alpha value is -2.28. The largest absolute Gasteiger partial charge is 0.462 e. The van der Waals surface area contributed by atoms with E-state index in [4.69, 9.17) is 28.4 Å². The molecule has 11 unspecified atom stereocenters. The zero-order valence-electron chi connectivity index (χ0n) is 46.8. The molecule has 0 amide bonds. The number of unbranched alkanes of at least 4 members (excludes halogenated alkanes) is 28. The van der Waals surface area contributed by atoms with Crippen molar-refractivity contribution in [2.24, 2.45) is 0 Å². The lowest BCUT2D eigenvalue weighted by Crippen LogP contribution is -2.61. The zero-order chi connectivity index (χ0) is 54.6. The smallest absolute Gasteiger partial charge is 0.306 e. The molecule has 0 spiro atoms. The molecule has 2 saturated heterocycles. The first-order valence-electron chi connectivity index (χ1n) is 30.1. The van der Waals surface area contributed by atoms with Crippen molar-refractivity contribution in [1.29, 1.82) is 0 Å². The van der Waals surface area contributed by atoms with E-state index >= 15 is 0 Å². The van der Waals surface area contributed by atoms with Gasteiger partial charge in [-0.05, 0) is 70.6 Å². The van der Waals surface area contributed by atoms with Crippen molar-refractivity contribution in [2.45, 2.75) is 306 Å². The molecule has 2 aliphatic rings. The molecular formula is C60H108O15. The van der Waals surface area contributed by atoms with Gasteiger partial charge >= 0.3 is 11.9 Å². The van der Waals surface area contributed by atoms with Gasteiger partial charge in [0.05, 0.1) is 19.8 Å². The number of carbonyl (C=O) groups excluding carboxylic acids is 2. The molecule has 438 valence electrons. The van der Waals surface area contributed by atoms with E-state index in [1.54, 1.807) is 0 Å². The average molecular weight is 1070 g/mol. The molecule has 15 nitrogen and oxygen atoms in total. The molecule has 15 heteroatoms. The first kappa shape index (κ1) is 68.8. The number of aliphatic hydroxyl groups is 7. The van der Waals surface area contributed by atoms with Crippen molar-refractivity contribution < 1.29 is 73.8 Å². The summed E-state index contributed by atoms with van der Waals surface area (Å²) in [7, 11) is 0. The molecular weight excluding hydrogens is 961 g/mol. The van der Waals surface area contributed by atoms with Gasteiger partial charge in [0.25, 0.3) is 0 Å². The Balaban J connectivity index is 1.74. The number of ether oxygens (including phenoxy) is 6. The van der Waals surface area contributed by atoms with Gasteiger partial charge in [-0.25, -0.2) is 0 Å². The maximum atomic E-state index is 13.1. The lowest BCUT2D eigenvalue weighted by Gasteiger charge is -2.42. The summed E-state index contributed by atoms with van der Waals surface area (Å²) in [5.74, 6) is -0.926. The molecule has 0 aromatic carbocycles. The SMILES string of the molecule is CCCCCCC/C=C\C/C=C\CCCCCCCCCCCC(=O)OC(COC(=O)CCCCCCCCC/C=C\CCCCCCCCC)COC1OC(COC2OC(CO)C(O)C(O)C2O)C(O)C(O)C1O. The summed E-state index contributed by atoms with van der Waals surface area (Å²) in [6, 6.07) is 0. The van der Waals surface area contributed by atoms with Crippen LogP contribution in [0.3, 0.4) is 0 Å². The molecule has 2 fully saturated rings. The van der Waals surface area contributed by atoms with Gasteiger partial charge in [-0.15, -0.1) is 0 Å². The van der Waals surface area contributed by atoms with Gasteiger partial charge < -0.3 is 64.2 Å². The van der Waals surface area contributed by atoms with Crippen molar-refractivity contribution in [3.63, 3.8) is 0 Å². The Morgan fingerprint density at radius 2 is 0.800 bits per heavy atom. The van der Waals surface area contributed by atoms with Gasteiger partial charge in [-0.3, -0.25) is 9.59 Å². The Morgan fingerprint density at radius 1 is 0.427 bits per heavy atom. The van der Waals surface area contributed by atoms with E-state index in [1.807, 2.05) is 0 Å². The maximum absolute atomic E-state index is 13.1. The molecule has 0 aromatic heterocycles. The van der Waals surface area contributed by atoms with E-state index in [9.17, 15) is 45.3 Å². The standard InChI is InChI=1S/C60H108O15/c1-3-5-7-9-11-13-15-17-19-21-23-24-25-27-29-31-33-35-37-39-41-43-52(63)73-48(45-70-51(62)42-40-38-36-34-32-30-28-26-22-20-18-16-14-12-10-8-6-4-2)46-71-59-58(69)56(67)54(65)50(75-59)47-72-60-57(68)55(66)53(64)49(44-61)74-60/h15,17,20-23,48-50,53-61,64-69H,3-14,16,18-19,24-47H2,1-2H3/b17-15-,22-20-,23-21-. The second kappa shape index (κ2) is 46.6. The number of esters is 2. The van der Waals surface area contributed by atoms with Crippen molar-refractivity contribution in [3.8, 4) is 0 Å². The fourth-order valence-corrected chi connectivity index (χ4v) is 9.42. The Morgan fingerprint density at radius 3 is 1.25 bits per heavy atom. The molecule has 2 rings (SSSR count). The van der Waals surface area contributed by atoms with Crippen LogP contribution in [0.1, 0.15) is 239 Å². The van der Waals surface area contributed by atoms with Crippen molar-refractivity contribution >= 4 is 11.9 Å². The molecule has 0 radical (unpaired) electrons. The highest BCUT2D eigenvalue weighted by atomic mass is 16.7. The van der Waals surface area contributed by atoms with Gasteiger partial charge in [0.1, 0.15) is 55.4 Å². The topological polar surface area (TPSA) is 231 Å². The molecule has 0 aliphatic carbocycles. The van der Waals surface area contributed by atoms with Gasteiger partial charge in [0.15, 0.2) is 18.7 Å². The van der Waals surface area contributed by atoms with Crippen LogP contribution in [0.15, 0.2) is 36.5 Å². The van der Waals surface area contributed by atoms with Crippen molar-refractivity contribution in [1.82, 2.24) is 0 Å². The van der Waals surface area contributed by atoms with E-state index in [0.29, 0.717) is 12.8 Å². The molecule has 0 aromatic rings. The van der Waals surface area contributed by atoms with E-state index in [-0.39, 0.29) is 26.1 Å². The average Bonchev–Trinajstić information content (AvgIpc) is 3.40. The van der Waals surface area contributed by atoms with E-state index in [1.165, 1.54) is 135 Å². The number of hydrogen-bond donors (Lipinski definition) is 7. The number of allylic oxidation sites excluding steroid dienone is 6. The van der Waals surface area contributed by atoms with Crippen LogP contribution in [-0.2, 0) is 38.0 Å². The van der Waals surface area contributed by atoms with Gasteiger partial charge in [0, 0.05) is 12.8 Å². The quantitative estimate of drug-likeness (QED) is 0.0171. The van der Waals surface area contributed by atoms with E-state index < -0.39 is 92.7 Å². The number of carbonyl (C=O) groups is 2. The number of hydrogen-bond acceptors (Lipinski definition) is 15. The van der Waals surface area contributed by atoms with Crippen LogP contribution in [0.2, 0.25) is 0 Å². The fraction of sp³-hybridized carbons (Fsp3) is 0.867. The Kier molecular flexibility index (Phi) is 42.8. The predicted octanol–water partition coefficient (Wildman–Crippen LogP) is 10.4. The summed E-state index contributed by atoms with van der Waals surface area (Å²) < 4.78 is 33.7. The first-order chi connectivity index (χ1) is 36.5. The second-order valence-electron chi connectivity index (χ2n) is 21.2. The summed E-state index contributed by atoms with van der Waals surface area (Å²) in [4.78, 5) is 25.9. The molecule has 7 N–H and O–H groups in total. The second-order valence-corrected chi connectivity index (χ2v) is 21.2. The van der Waals surface area contributed by atoms with Crippen molar-refractivity contribution in [2.75, 3.05) is 26.4 Å². The van der Waals surface area contributed by atoms with Gasteiger partial charge in [-0.1, -0.05) is 192 Å². The molecule has 2 heterocycles. The highest BCUT2D eigenvalue weighted by molar-refractivity contribution is 5.70. The van der Waals surface area contributed by atoms with Crippen molar-refractivity contribution in [3.05, 3.63) is 36.5 Å². The minimum absolute atomic E-state index is 0.160. The van der Waals surface area contributed by atoms with E-state index in [0.717, 1.165) is 64.2 Å².